The van der Waals surface area contributed by atoms with Gasteiger partial charge in [0.2, 0.25) is 0 Å². The number of alkyl halides is 4. The van der Waals surface area contributed by atoms with Crippen LogP contribution >= 0.6 is 23.2 Å². The number of hydrogen-bond donors (Lipinski definition) is 0. The Balaban J connectivity index is 2.52. The van der Waals surface area contributed by atoms with Crippen LogP contribution in [0.2, 0.25) is 0 Å². The Bertz CT molecular complexity index is 82.9. The molecule has 0 aromatic carbocycles. The van der Waals surface area contributed by atoms with Gasteiger partial charge in [-0.05, 0) is 0 Å². The van der Waals surface area contributed by atoms with Crippen molar-refractivity contribution in [1.82, 2.24) is 0 Å². The molecule has 0 nitrogen and oxygen atoms in total. The molecule has 4 heteroatoms. The first-order chi connectivity index (χ1) is 3.07. The molecule has 0 aromatic rings. The molecule has 1 rings (SSSR count). The summed E-state index contributed by atoms with van der Waals surface area (Å²) >= 11 is 9.89. The molecule has 0 spiro atoms. The summed E-state index contributed by atoms with van der Waals surface area (Å²) < 4.78 is 23.3. The van der Waals surface area contributed by atoms with Gasteiger partial charge in [-0.15, -0.1) is 23.2 Å². The summed E-state index contributed by atoms with van der Waals surface area (Å²) in [7, 11) is 0. The van der Waals surface area contributed by atoms with Crippen LogP contribution in [0.4, 0.5) is 8.78 Å². The van der Waals surface area contributed by atoms with Gasteiger partial charge in [0.05, 0.1) is 0 Å². The second kappa shape index (κ2) is 1.23. The summed E-state index contributed by atoms with van der Waals surface area (Å²) in [6, 6.07) is 0. The van der Waals surface area contributed by atoms with Gasteiger partial charge in [0, 0.05) is 0 Å². The lowest BCUT2D eigenvalue weighted by atomic mass is 10.8. The van der Waals surface area contributed by atoms with Crippen molar-refractivity contribution in [3.05, 3.63) is 0 Å². The maximum absolute atomic E-state index is 11.7. The van der Waals surface area contributed by atoms with Crippen molar-refractivity contribution in [2.24, 2.45) is 0 Å². The Morgan fingerprint density at radius 1 is 1.14 bits per heavy atom. The van der Waals surface area contributed by atoms with E-state index in [1.54, 1.807) is 0 Å². The topological polar surface area (TPSA) is 0 Å². The highest BCUT2D eigenvalue weighted by Gasteiger charge is 2.67. The first-order valence-electron chi connectivity index (χ1n) is 1.73. The predicted molar refractivity (Wildman–Crippen MR) is 24.2 cm³/mol. The lowest BCUT2D eigenvalue weighted by Gasteiger charge is -1.81. The second-order valence-corrected chi connectivity index (χ2v) is 2.42. The van der Waals surface area contributed by atoms with Crippen LogP contribution in [0.25, 0.3) is 0 Å². The molecule has 42 valence electrons. The van der Waals surface area contributed by atoms with Crippen molar-refractivity contribution in [2.75, 3.05) is 0 Å². The van der Waals surface area contributed by atoms with E-state index in [-0.39, 0.29) is 0 Å². The van der Waals surface area contributed by atoms with Gasteiger partial charge in [0.15, 0.2) is 0 Å². The molecule has 0 radical (unpaired) electrons. The first kappa shape index (κ1) is 5.57. The summed E-state index contributed by atoms with van der Waals surface area (Å²) in [5, 5.41) is -2.26. The Morgan fingerprint density at radius 2 is 1.29 bits per heavy atom. The van der Waals surface area contributed by atoms with E-state index in [0.717, 1.165) is 0 Å². The summed E-state index contributed by atoms with van der Waals surface area (Å²) in [4.78, 5) is 0. The van der Waals surface area contributed by atoms with Gasteiger partial charge >= 0.3 is 0 Å². The van der Waals surface area contributed by atoms with Gasteiger partial charge in [-0.2, -0.15) is 0 Å². The van der Waals surface area contributed by atoms with Crippen molar-refractivity contribution >= 4 is 23.2 Å². The molecule has 7 heavy (non-hydrogen) atoms. The summed E-state index contributed by atoms with van der Waals surface area (Å²) in [5.74, 6) is -2.80. The average molecular weight is 147 g/mol. The Kier molecular flexibility index (Phi) is 0.981. The summed E-state index contributed by atoms with van der Waals surface area (Å²) in [5.41, 5.74) is 0. The molecule has 0 aliphatic heterocycles. The molecular weight excluding hydrogens is 145 g/mol. The normalized spacial score (nSPS) is 46.3. The van der Waals surface area contributed by atoms with Crippen LogP contribution in [0.3, 0.4) is 0 Å². The lowest BCUT2D eigenvalue weighted by molar-refractivity contribution is 0.123. The third kappa shape index (κ3) is 0.609. The van der Waals surface area contributed by atoms with E-state index in [1.807, 2.05) is 0 Å². The molecule has 2 atom stereocenters. The standard InChI is InChI=1S/C3H2Cl2F2/c4-1-2(5)3(1,6)7/h1-2H. The third-order valence-electron chi connectivity index (χ3n) is 0.883. The molecule has 0 bridgehead atoms. The monoisotopic (exact) mass is 146 g/mol. The number of hydrogen-bond acceptors (Lipinski definition) is 0. The number of rotatable bonds is 0. The highest BCUT2D eigenvalue weighted by Crippen LogP contribution is 2.50. The van der Waals surface area contributed by atoms with E-state index in [4.69, 9.17) is 23.2 Å². The molecule has 1 aliphatic rings. The molecule has 1 aliphatic carbocycles. The molecule has 0 aromatic heterocycles. The van der Waals surface area contributed by atoms with E-state index >= 15 is 0 Å². The van der Waals surface area contributed by atoms with E-state index in [1.165, 1.54) is 0 Å². The van der Waals surface area contributed by atoms with Crippen molar-refractivity contribution < 1.29 is 8.78 Å². The molecule has 1 fully saturated rings. The highest BCUT2D eigenvalue weighted by atomic mass is 35.5. The average Bonchev–Trinajstić information content (AvgIpc) is 1.91. The molecule has 0 N–H and O–H groups in total. The van der Waals surface area contributed by atoms with Gasteiger partial charge in [0.1, 0.15) is 10.8 Å². The fourth-order valence-electron chi connectivity index (χ4n) is 0.255. The molecule has 0 heterocycles. The van der Waals surface area contributed by atoms with Gasteiger partial charge in [-0.25, -0.2) is 8.78 Å². The first-order valence-corrected chi connectivity index (χ1v) is 2.60. The zero-order chi connectivity index (χ0) is 5.65. The van der Waals surface area contributed by atoms with E-state index in [9.17, 15) is 8.78 Å². The minimum Gasteiger partial charge on any atom is -0.203 e. The van der Waals surface area contributed by atoms with E-state index < -0.39 is 16.7 Å². The Hall–Kier alpha value is 0.440. The second-order valence-electron chi connectivity index (χ2n) is 1.48. The van der Waals surface area contributed by atoms with Crippen molar-refractivity contribution in [3.8, 4) is 0 Å². The van der Waals surface area contributed by atoms with Crippen LogP contribution in [0.15, 0.2) is 0 Å². The van der Waals surface area contributed by atoms with Gasteiger partial charge in [-0.1, -0.05) is 0 Å². The van der Waals surface area contributed by atoms with Crippen molar-refractivity contribution in [1.29, 1.82) is 0 Å². The molecule has 1 saturated carbocycles. The summed E-state index contributed by atoms with van der Waals surface area (Å²) in [6.07, 6.45) is 0. The van der Waals surface area contributed by atoms with Gasteiger partial charge in [-0.3, -0.25) is 0 Å². The third-order valence-corrected chi connectivity index (χ3v) is 2.10. The Morgan fingerprint density at radius 3 is 1.29 bits per heavy atom. The lowest BCUT2D eigenvalue weighted by Crippen LogP contribution is -1.92. The zero-order valence-corrected chi connectivity index (χ0v) is 4.68. The summed E-state index contributed by atoms with van der Waals surface area (Å²) in [6.45, 7) is 0. The van der Waals surface area contributed by atoms with Crippen LogP contribution in [0, 0.1) is 0 Å². The van der Waals surface area contributed by atoms with Crippen molar-refractivity contribution in [3.63, 3.8) is 0 Å². The number of halogens is 4. The predicted octanol–water partition coefficient (Wildman–Crippen LogP) is 1.85. The molecule has 2 unspecified atom stereocenters. The zero-order valence-electron chi connectivity index (χ0n) is 3.17. The quantitative estimate of drug-likeness (QED) is 0.458. The largest absolute Gasteiger partial charge is 0.283 e. The maximum atomic E-state index is 11.7. The Labute approximate surface area is 49.4 Å². The van der Waals surface area contributed by atoms with E-state index in [2.05, 4.69) is 0 Å². The van der Waals surface area contributed by atoms with Gasteiger partial charge < -0.3 is 0 Å². The van der Waals surface area contributed by atoms with Crippen LogP contribution in [-0.4, -0.2) is 16.7 Å². The highest BCUT2D eigenvalue weighted by molar-refractivity contribution is 6.35. The smallest absolute Gasteiger partial charge is 0.203 e. The van der Waals surface area contributed by atoms with Crippen LogP contribution < -0.4 is 0 Å². The SMILES string of the molecule is FC1(F)C(Cl)C1Cl. The van der Waals surface area contributed by atoms with Crippen LogP contribution in [0.1, 0.15) is 0 Å². The molecule has 0 saturated heterocycles. The fraction of sp³-hybridized carbons (Fsp3) is 1.00. The molecule has 0 amide bonds. The minimum absolute atomic E-state index is 1.13. The van der Waals surface area contributed by atoms with E-state index in [0.29, 0.717) is 0 Å². The fourth-order valence-corrected chi connectivity index (χ4v) is 0.781. The maximum Gasteiger partial charge on any atom is 0.283 e. The van der Waals surface area contributed by atoms with Crippen LogP contribution in [-0.2, 0) is 0 Å². The van der Waals surface area contributed by atoms with Gasteiger partial charge in [0.25, 0.3) is 5.92 Å². The minimum atomic E-state index is -2.80. The van der Waals surface area contributed by atoms with Crippen LogP contribution in [0.5, 0.6) is 0 Å². The van der Waals surface area contributed by atoms with Crippen molar-refractivity contribution in [2.45, 2.75) is 16.7 Å². The molecular formula is C3H2Cl2F2.